The van der Waals surface area contributed by atoms with Crippen LogP contribution in [0, 0.1) is 11.2 Å². The summed E-state index contributed by atoms with van der Waals surface area (Å²) in [5, 5.41) is 31.7. The van der Waals surface area contributed by atoms with Crippen LogP contribution in [0.1, 0.15) is 57.7 Å². The monoisotopic (exact) mass is 471 g/mol. The molecule has 0 spiro atoms. The average Bonchev–Trinajstić information content (AvgIpc) is 3.18. The molecule has 1 aromatic heterocycles. The Bertz CT molecular complexity index is 1220. The third-order valence-corrected chi connectivity index (χ3v) is 7.72. The Kier molecular flexibility index (Phi) is 5.96. The number of aliphatic hydroxyl groups is 1. The van der Waals surface area contributed by atoms with Gasteiger partial charge < -0.3 is 19.9 Å². The van der Waals surface area contributed by atoms with Gasteiger partial charge in [-0.3, -0.25) is 4.79 Å². The predicted molar refractivity (Wildman–Crippen MR) is 127 cm³/mol. The van der Waals surface area contributed by atoms with Crippen LogP contribution in [0.4, 0.5) is 8.78 Å². The van der Waals surface area contributed by atoms with Gasteiger partial charge in [-0.2, -0.15) is 0 Å². The van der Waals surface area contributed by atoms with E-state index in [1.165, 1.54) is 12.1 Å². The third kappa shape index (κ3) is 3.66. The second-order valence-electron chi connectivity index (χ2n) is 10.5. The molecule has 1 saturated carbocycles. The Morgan fingerprint density at radius 2 is 1.71 bits per heavy atom. The molecule has 5 nitrogen and oxygen atoms in total. The predicted octanol–water partition coefficient (Wildman–Crippen LogP) is 5.62. The van der Waals surface area contributed by atoms with Crippen LogP contribution in [-0.2, 0) is 15.6 Å². The van der Waals surface area contributed by atoms with Crippen LogP contribution in [0.2, 0.25) is 0 Å². The van der Waals surface area contributed by atoms with Crippen molar-refractivity contribution >= 4 is 16.9 Å². The molecule has 7 heteroatoms. The van der Waals surface area contributed by atoms with E-state index in [9.17, 15) is 28.9 Å². The number of benzene rings is 2. The maximum absolute atomic E-state index is 13.8. The molecule has 1 aliphatic rings. The Labute approximate surface area is 197 Å². The first kappa shape index (κ1) is 24.2. The number of phenols is 1. The van der Waals surface area contributed by atoms with E-state index in [-0.39, 0.29) is 31.0 Å². The van der Waals surface area contributed by atoms with E-state index in [1.54, 1.807) is 24.3 Å². The Balaban J connectivity index is 2.03. The highest BCUT2D eigenvalue weighted by Gasteiger charge is 2.49. The fourth-order valence-electron chi connectivity index (χ4n) is 5.42. The van der Waals surface area contributed by atoms with Crippen LogP contribution in [0.3, 0.4) is 0 Å². The third-order valence-electron chi connectivity index (χ3n) is 7.72. The minimum atomic E-state index is -1.40. The van der Waals surface area contributed by atoms with Crippen molar-refractivity contribution in [2.45, 2.75) is 57.3 Å². The van der Waals surface area contributed by atoms with Crippen molar-refractivity contribution in [3.05, 3.63) is 59.5 Å². The van der Waals surface area contributed by atoms with Crippen molar-refractivity contribution in [2.75, 3.05) is 13.3 Å². The zero-order chi connectivity index (χ0) is 24.9. The molecule has 1 heterocycles. The number of halogens is 2. The summed E-state index contributed by atoms with van der Waals surface area (Å²) in [5.41, 5.74) is 0.259. The van der Waals surface area contributed by atoms with Crippen LogP contribution < -0.4 is 0 Å². The fourth-order valence-corrected chi connectivity index (χ4v) is 5.42. The van der Waals surface area contributed by atoms with E-state index < -0.39 is 28.9 Å². The van der Waals surface area contributed by atoms with Crippen LogP contribution in [0.25, 0.3) is 16.6 Å². The summed E-state index contributed by atoms with van der Waals surface area (Å²) in [4.78, 5) is 11.9. The largest absolute Gasteiger partial charge is 0.507 e. The second kappa shape index (κ2) is 8.38. The minimum absolute atomic E-state index is 0.0742. The van der Waals surface area contributed by atoms with Gasteiger partial charge in [0, 0.05) is 22.2 Å². The molecule has 34 heavy (non-hydrogen) atoms. The van der Waals surface area contributed by atoms with Crippen molar-refractivity contribution in [1.29, 1.82) is 0 Å². The molecule has 2 aromatic carbocycles. The van der Waals surface area contributed by atoms with Crippen molar-refractivity contribution < 1.29 is 28.9 Å². The number of aliphatic hydroxyl groups excluding tert-OH is 1. The Morgan fingerprint density at radius 1 is 1.09 bits per heavy atom. The van der Waals surface area contributed by atoms with Crippen LogP contribution in [0.5, 0.6) is 5.75 Å². The summed E-state index contributed by atoms with van der Waals surface area (Å²) < 4.78 is 29.5. The van der Waals surface area contributed by atoms with Gasteiger partial charge in [-0.1, -0.05) is 26.8 Å². The lowest BCUT2D eigenvalue weighted by Crippen LogP contribution is -2.43. The number of fused-ring (bicyclic) bond motifs is 1. The van der Waals surface area contributed by atoms with Crippen molar-refractivity contribution in [3.8, 4) is 11.4 Å². The van der Waals surface area contributed by atoms with Crippen molar-refractivity contribution in [2.24, 2.45) is 5.41 Å². The molecule has 4 rings (SSSR count). The number of phenolic OH excluding ortho intramolecular Hbond substituents is 1. The number of aromatic hydroxyl groups is 1. The minimum Gasteiger partial charge on any atom is -0.507 e. The lowest BCUT2D eigenvalue weighted by Gasteiger charge is -2.43. The standard InChI is InChI=1S/C27H31F2NO4/c1-25(2,16-31)23-22(26(3)11-13-27(15-28,14-12-26)24(33)34)21-19(5-4-6-20(21)32)30(23)18-9-7-17(29)8-10-18/h4-10,31-32H,11-16H2,1-3H3,(H,33,34). The number of alkyl halides is 1. The molecule has 0 aliphatic heterocycles. The second-order valence-corrected chi connectivity index (χ2v) is 10.5. The number of nitrogens with zero attached hydrogens (tertiary/aromatic N) is 1. The highest BCUT2D eigenvalue weighted by Crippen LogP contribution is 2.53. The van der Waals surface area contributed by atoms with E-state index in [0.717, 1.165) is 11.3 Å². The van der Waals surface area contributed by atoms with Gasteiger partial charge in [-0.05, 0) is 73.1 Å². The van der Waals surface area contributed by atoms with Gasteiger partial charge in [-0.15, -0.1) is 0 Å². The first-order valence-corrected chi connectivity index (χ1v) is 11.5. The number of carboxylic acid groups (broad SMARTS) is 1. The molecule has 1 fully saturated rings. The lowest BCUT2D eigenvalue weighted by atomic mass is 9.61. The van der Waals surface area contributed by atoms with E-state index in [1.807, 2.05) is 31.4 Å². The molecular formula is C27H31F2NO4. The summed E-state index contributed by atoms with van der Waals surface area (Å²) in [6, 6.07) is 11.2. The number of aromatic nitrogens is 1. The van der Waals surface area contributed by atoms with Crippen LogP contribution in [-0.4, -0.2) is 39.1 Å². The SMILES string of the molecule is CC(C)(CO)c1c(C2(C)CCC(CF)(C(=O)O)CC2)c2c(O)cccc2n1-c1ccc(F)cc1. The highest BCUT2D eigenvalue weighted by molar-refractivity contribution is 5.94. The Hall–Kier alpha value is -2.93. The van der Waals surface area contributed by atoms with Gasteiger partial charge in [0.2, 0.25) is 0 Å². The van der Waals surface area contributed by atoms with Gasteiger partial charge in [0.05, 0.1) is 17.5 Å². The van der Waals surface area contributed by atoms with Crippen molar-refractivity contribution in [1.82, 2.24) is 4.57 Å². The number of carboxylic acids is 1. The van der Waals surface area contributed by atoms with Gasteiger partial charge in [0.25, 0.3) is 0 Å². The van der Waals surface area contributed by atoms with Gasteiger partial charge in [0.1, 0.15) is 18.2 Å². The van der Waals surface area contributed by atoms with E-state index in [4.69, 9.17) is 0 Å². The maximum Gasteiger partial charge on any atom is 0.312 e. The number of carbonyl (C=O) groups is 1. The fraction of sp³-hybridized carbons (Fsp3) is 0.444. The molecule has 0 saturated heterocycles. The number of hydrogen-bond acceptors (Lipinski definition) is 3. The van der Waals surface area contributed by atoms with E-state index in [0.29, 0.717) is 29.4 Å². The molecular weight excluding hydrogens is 440 g/mol. The average molecular weight is 472 g/mol. The quantitative estimate of drug-likeness (QED) is 0.436. The molecule has 0 bridgehead atoms. The molecule has 182 valence electrons. The molecule has 1 aliphatic carbocycles. The molecule has 0 unspecified atom stereocenters. The van der Waals surface area contributed by atoms with Gasteiger partial charge >= 0.3 is 5.97 Å². The lowest BCUT2D eigenvalue weighted by molar-refractivity contribution is -0.153. The molecule has 0 radical (unpaired) electrons. The summed E-state index contributed by atoms with van der Waals surface area (Å²) >= 11 is 0. The molecule has 0 amide bonds. The van der Waals surface area contributed by atoms with Crippen LogP contribution in [0.15, 0.2) is 42.5 Å². The molecule has 0 atom stereocenters. The normalized spacial score (nSPS) is 23.4. The summed E-state index contributed by atoms with van der Waals surface area (Å²) in [6.07, 6.45) is 1.17. The zero-order valence-electron chi connectivity index (χ0n) is 19.7. The number of rotatable bonds is 6. The van der Waals surface area contributed by atoms with E-state index in [2.05, 4.69) is 0 Å². The Morgan fingerprint density at radius 3 is 2.24 bits per heavy atom. The topological polar surface area (TPSA) is 82.7 Å². The summed E-state index contributed by atoms with van der Waals surface area (Å²) in [7, 11) is 0. The first-order valence-electron chi connectivity index (χ1n) is 11.5. The highest BCUT2D eigenvalue weighted by atomic mass is 19.1. The maximum atomic E-state index is 13.8. The first-order chi connectivity index (χ1) is 16.0. The van der Waals surface area contributed by atoms with Gasteiger partial charge in [0.15, 0.2) is 0 Å². The zero-order valence-corrected chi connectivity index (χ0v) is 19.7. The molecule has 3 aromatic rings. The summed E-state index contributed by atoms with van der Waals surface area (Å²) in [5.74, 6) is -1.42. The number of aliphatic carboxylic acids is 1. The van der Waals surface area contributed by atoms with E-state index >= 15 is 0 Å². The van der Waals surface area contributed by atoms with Gasteiger partial charge in [-0.25, -0.2) is 8.78 Å². The molecule has 3 N–H and O–H groups in total. The summed E-state index contributed by atoms with van der Waals surface area (Å²) in [6.45, 7) is 4.71. The number of hydrogen-bond donors (Lipinski definition) is 3. The van der Waals surface area contributed by atoms with Crippen LogP contribution >= 0.6 is 0 Å². The smallest absolute Gasteiger partial charge is 0.312 e. The van der Waals surface area contributed by atoms with Crippen molar-refractivity contribution in [3.63, 3.8) is 0 Å².